The summed E-state index contributed by atoms with van der Waals surface area (Å²) < 4.78 is 2.28. The van der Waals surface area contributed by atoms with Crippen LogP contribution >= 0.6 is 11.3 Å². The first kappa shape index (κ1) is 11.7. The van der Waals surface area contributed by atoms with Crippen LogP contribution in [0.4, 0.5) is 0 Å². The minimum atomic E-state index is 0.304. The molecule has 18 heavy (non-hydrogen) atoms. The predicted octanol–water partition coefficient (Wildman–Crippen LogP) is 3.13. The summed E-state index contributed by atoms with van der Waals surface area (Å²) in [4.78, 5) is 17.4. The van der Waals surface area contributed by atoms with Gasteiger partial charge in [0.1, 0.15) is 0 Å². The fraction of sp³-hybridized carbons (Fsp3) is 0.429. The first-order valence-electron chi connectivity index (χ1n) is 6.28. The average molecular weight is 260 g/mol. The Balaban J connectivity index is 1.99. The molecule has 2 aromatic heterocycles. The number of aryl methyl sites for hydroxylation is 2. The maximum absolute atomic E-state index is 11.9. The lowest BCUT2D eigenvalue weighted by molar-refractivity contribution is 0.0972. The quantitative estimate of drug-likeness (QED) is 0.831. The van der Waals surface area contributed by atoms with Gasteiger partial charge in [-0.25, -0.2) is 4.98 Å². The zero-order valence-corrected chi connectivity index (χ0v) is 11.5. The van der Waals surface area contributed by atoms with Gasteiger partial charge in [-0.15, -0.1) is 11.3 Å². The van der Waals surface area contributed by atoms with Crippen molar-refractivity contribution in [3.8, 4) is 0 Å². The third-order valence-electron chi connectivity index (χ3n) is 3.52. The Morgan fingerprint density at radius 3 is 2.94 bits per heavy atom. The molecule has 0 N–H and O–H groups in total. The van der Waals surface area contributed by atoms with E-state index in [1.165, 1.54) is 16.3 Å². The summed E-state index contributed by atoms with van der Waals surface area (Å²) in [6.07, 6.45) is 4.65. The van der Waals surface area contributed by atoms with Crippen molar-refractivity contribution in [1.29, 1.82) is 0 Å². The minimum Gasteiger partial charge on any atom is -0.343 e. The highest BCUT2D eigenvalue weighted by Crippen LogP contribution is 2.26. The highest BCUT2D eigenvalue weighted by molar-refractivity contribution is 7.11. The molecule has 0 aliphatic heterocycles. The van der Waals surface area contributed by atoms with E-state index in [1.807, 2.05) is 19.2 Å². The number of fused-ring (bicyclic) bond motifs is 1. The van der Waals surface area contributed by atoms with Gasteiger partial charge in [-0.3, -0.25) is 4.79 Å². The Morgan fingerprint density at radius 2 is 2.22 bits per heavy atom. The number of rotatable bonds is 2. The summed E-state index contributed by atoms with van der Waals surface area (Å²) >= 11 is 1.73. The topological polar surface area (TPSA) is 34.9 Å². The summed E-state index contributed by atoms with van der Waals surface area (Å²) in [6, 6.07) is 2.05. The standard InChI is InChI=1S/C14H16N2OS/c1-9-6-12-13(4-3-5-14(12)17)16(9)8-11-7-15-10(2)18-11/h6-7H,3-5,8H2,1-2H3. The molecule has 2 aromatic rings. The van der Waals surface area contributed by atoms with E-state index < -0.39 is 0 Å². The molecule has 0 fully saturated rings. The van der Waals surface area contributed by atoms with E-state index in [2.05, 4.69) is 16.5 Å². The largest absolute Gasteiger partial charge is 0.343 e. The van der Waals surface area contributed by atoms with E-state index in [0.717, 1.165) is 30.0 Å². The van der Waals surface area contributed by atoms with E-state index in [1.54, 1.807) is 11.3 Å². The van der Waals surface area contributed by atoms with Crippen LogP contribution in [0.1, 0.15) is 44.5 Å². The summed E-state index contributed by atoms with van der Waals surface area (Å²) in [5.74, 6) is 0.304. The Labute approximate surface area is 110 Å². The SMILES string of the molecule is Cc1ncc(Cn2c(C)cc3c2CCCC3=O)s1. The molecule has 1 aliphatic carbocycles. The van der Waals surface area contributed by atoms with Gasteiger partial charge in [0.2, 0.25) is 0 Å². The minimum absolute atomic E-state index is 0.304. The molecule has 0 saturated heterocycles. The Morgan fingerprint density at radius 1 is 1.39 bits per heavy atom. The van der Waals surface area contributed by atoms with Gasteiger partial charge in [-0.2, -0.15) is 0 Å². The van der Waals surface area contributed by atoms with Crippen molar-refractivity contribution in [1.82, 2.24) is 9.55 Å². The van der Waals surface area contributed by atoms with Crippen LogP contribution in [0, 0.1) is 13.8 Å². The lowest BCUT2D eigenvalue weighted by Gasteiger charge is -2.15. The van der Waals surface area contributed by atoms with Gasteiger partial charge in [0.05, 0.1) is 11.6 Å². The van der Waals surface area contributed by atoms with Gasteiger partial charge in [0.25, 0.3) is 0 Å². The summed E-state index contributed by atoms with van der Waals surface area (Å²) in [5.41, 5.74) is 3.34. The van der Waals surface area contributed by atoms with Crippen LogP contribution in [0.2, 0.25) is 0 Å². The second-order valence-electron chi connectivity index (χ2n) is 4.85. The number of aromatic nitrogens is 2. The maximum atomic E-state index is 11.9. The molecule has 0 atom stereocenters. The van der Waals surface area contributed by atoms with Crippen molar-refractivity contribution in [3.05, 3.63) is 39.1 Å². The molecular weight excluding hydrogens is 244 g/mol. The van der Waals surface area contributed by atoms with Gasteiger partial charge < -0.3 is 4.57 Å². The molecule has 0 aromatic carbocycles. The Hall–Kier alpha value is -1.42. The molecular formula is C14H16N2OS. The smallest absolute Gasteiger partial charge is 0.164 e. The summed E-state index contributed by atoms with van der Waals surface area (Å²) in [7, 11) is 0. The van der Waals surface area contributed by atoms with Crippen LogP contribution in [-0.4, -0.2) is 15.3 Å². The summed E-state index contributed by atoms with van der Waals surface area (Å²) in [6.45, 7) is 4.95. The number of Topliss-reactive ketones (excluding diaryl/α,β-unsaturated/α-hetero) is 1. The normalized spacial score (nSPS) is 14.9. The Bertz CT molecular complexity index is 609. The van der Waals surface area contributed by atoms with Crippen molar-refractivity contribution in [2.24, 2.45) is 0 Å². The Kier molecular flexibility index (Phi) is 2.82. The molecule has 1 aliphatic rings. The van der Waals surface area contributed by atoms with Crippen LogP contribution in [0.3, 0.4) is 0 Å². The van der Waals surface area contributed by atoms with E-state index >= 15 is 0 Å². The van der Waals surface area contributed by atoms with E-state index in [9.17, 15) is 4.79 Å². The second kappa shape index (κ2) is 4.35. The van der Waals surface area contributed by atoms with E-state index in [-0.39, 0.29) is 0 Å². The molecule has 0 spiro atoms. The van der Waals surface area contributed by atoms with Crippen molar-refractivity contribution < 1.29 is 4.79 Å². The fourth-order valence-electron chi connectivity index (χ4n) is 2.64. The van der Waals surface area contributed by atoms with Crippen LogP contribution in [0.5, 0.6) is 0 Å². The monoisotopic (exact) mass is 260 g/mol. The van der Waals surface area contributed by atoms with Gasteiger partial charge in [0, 0.05) is 34.4 Å². The molecule has 3 nitrogen and oxygen atoms in total. The summed E-state index contributed by atoms with van der Waals surface area (Å²) in [5, 5.41) is 1.10. The first-order chi connectivity index (χ1) is 8.65. The van der Waals surface area contributed by atoms with Gasteiger partial charge in [-0.1, -0.05) is 0 Å². The molecule has 3 rings (SSSR count). The number of carbonyl (C=O) groups excluding carboxylic acids is 1. The zero-order valence-electron chi connectivity index (χ0n) is 10.7. The maximum Gasteiger partial charge on any atom is 0.164 e. The number of hydrogen-bond acceptors (Lipinski definition) is 3. The van der Waals surface area contributed by atoms with Gasteiger partial charge >= 0.3 is 0 Å². The lowest BCUT2D eigenvalue weighted by Crippen LogP contribution is -2.13. The first-order valence-corrected chi connectivity index (χ1v) is 7.10. The zero-order chi connectivity index (χ0) is 12.7. The number of carbonyl (C=O) groups is 1. The third-order valence-corrected chi connectivity index (χ3v) is 4.41. The van der Waals surface area contributed by atoms with Crippen molar-refractivity contribution in [2.75, 3.05) is 0 Å². The molecule has 0 unspecified atom stereocenters. The molecule has 0 bridgehead atoms. The highest BCUT2D eigenvalue weighted by atomic mass is 32.1. The van der Waals surface area contributed by atoms with E-state index in [0.29, 0.717) is 12.2 Å². The van der Waals surface area contributed by atoms with Crippen LogP contribution in [0.15, 0.2) is 12.3 Å². The second-order valence-corrected chi connectivity index (χ2v) is 6.17. The van der Waals surface area contributed by atoms with Crippen LogP contribution < -0.4 is 0 Å². The van der Waals surface area contributed by atoms with E-state index in [4.69, 9.17) is 0 Å². The number of nitrogens with zero attached hydrogens (tertiary/aromatic N) is 2. The lowest BCUT2D eigenvalue weighted by atomic mass is 9.97. The van der Waals surface area contributed by atoms with Crippen molar-refractivity contribution in [3.63, 3.8) is 0 Å². The molecule has 4 heteroatoms. The molecule has 2 heterocycles. The van der Waals surface area contributed by atoms with Gasteiger partial charge in [-0.05, 0) is 32.8 Å². The molecule has 0 amide bonds. The number of ketones is 1. The van der Waals surface area contributed by atoms with Crippen LogP contribution in [0.25, 0.3) is 0 Å². The highest BCUT2D eigenvalue weighted by Gasteiger charge is 2.22. The molecule has 0 saturated carbocycles. The van der Waals surface area contributed by atoms with Crippen molar-refractivity contribution in [2.45, 2.75) is 39.7 Å². The molecule has 94 valence electrons. The molecule has 0 radical (unpaired) electrons. The third kappa shape index (κ3) is 1.90. The number of hydrogen-bond donors (Lipinski definition) is 0. The van der Waals surface area contributed by atoms with Crippen LogP contribution in [-0.2, 0) is 13.0 Å². The average Bonchev–Trinajstić information content (AvgIpc) is 2.87. The number of thiazole rings is 1. The predicted molar refractivity (Wildman–Crippen MR) is 72.4 cm³/mol. The van der Waals surface area contributed by atoms with Gasteiger partial charge in [0.15, 0.2) is 5.78 Å². The fourth-order valence-corrected chi connectivity index (χ4v) is 3.43. The van der Waals surface area contributed by atoms with Crippen molar-refractivity contribution >= 4 is 17.1 Å².